The van der Waals surface area contributed by atoms with Crippen LogP contribution in [0.5, 0.6) is 0 Å². The maximum Gasteiger partial charge on any atom is 0.327 e. The summed E-state index contributed by atoms with van der Waals surface area (Å²) in [6.07, 6.45) is 0.833. The summed E-state index contributed by atoms with van der Waals surface area (Å²) in [6, 6.07) is 0. The number of alkyl halides is 6. The van der Waals surface area contributed by atoms with Gasteiger partial charge in [0, 0.05) is 6.08 Å². The molecular weight excluding hydrogens is 353 g/mol. The Kier molecular flexibility index (Phi) is 8.64. The lowest BCUT2D eigenvalue weighted by Gasteiger charge is -2.37. The van der Waals surface area contributed by atoms with Crippen LogP contribution in [0.3, 0.4) is 0 Å². The van der Waals surface area contributed by atoms with Crippen molar-refractivity contribution in [2.75, 3.05) is 0 Å². The van der Waals surface area contributed by atoms with E-state index in [1.54, 1.807) is 0 Å². The molecule has 1 N–H and O–H groups in total. The van der Waals surface area contributed by atoms with E-state index in [0.717, 1.165) is 6.08 Å². The Hall–Kier alpha value is 0.950. The zero-order valence-electron chi connectivity index (χ0n) is 8.37. The topological polar surface area (TPSA) is 37.3 Å². The minimum absolute atomic E-state index is 0.437. The van der Waals surface area contributed by atoms with Crippen molar-refractivity contribution >= 4 is 75.6 Å². The number of halogens is 6. The molecule has 0 radical (unpaired) electrons. The molecule has 1 aliphatic carbocycles. The second kappa shape index (κ2) is 8.19. The SMILES string of the molecule is C=CC(=O)O.Cl[C@H]1[C@H](Cl)[C@@H](Cl)[C@@H](Cl)[C@H](Cl)[C@H]1Cl. The molecule has 0 aromatic rings. The van der Waals surface area contributed by atoms with Crippen molar-refractivity contribution in [1.82, 2.24) is 0 Å². The Morgan fingerprint density at radius 3 is 1.00 bits per heavy atom. The summed E-state index contributed by atoms with van der Waals surface area (Å²) in [5.74, 6) is -0.981. The summed E-state index contributed by atoms with van der Waals surface area (Å²) in [7, 11) is 0. The van der Waals surface area contributed by atoms with Gasteiger partial charge >= 0.3 is 5.97 Å². The Morgan fingerprint density at radius 1 is 0.824 bits per heavy atom. The summed E-state index contributed by atoms with van der Waals surface area (Å²) < 4.78 is 0. The molecule has 1 rings (SSSR count). The molecule has 0 aliphatic heterocycles. The first-order valence-corrected chi connectivity index (χ1v) is 7.05. The largest absolute Gasteiger partial charge is 0.478 e. The van der Waals surface area contributed by atoms with Crippen LogP contribution in [0, 0.1) is 0 Å². The van der Waals surface area contributed by atoms with Crippen molar-refractivity contribution in [3.8, 4) is 0 Å². The van der Waals surface area contributed by atoms with E-state index in [4.69, 9.17) is 74.7 Å². The van der Waals surface area contributed by atoms with Gasteiger partial charge in [-0.15, -0.1) is 69.6 Å². The molecule has 1 saturated carbocycles. The standard InChI is InChI=1S/C6H6Cl6.C3H4O2/c7-1-2(8)4(10)6(12)5(11)3(1)9;1-2-3(4)5/h1-6H;2H,1H2,(H,4,5)/t1-,2-,3-,4+,5+,6+;. The average molecular weight is 363 g/mol. The Morgan fingerprint density at radius 2 is 0.941 bits per heavy atom. The average Bonchev–Trinajstić information content (AvgIpc) is 2.32. The predicted molar refractivity (Wildman–Crippen MR) is 75.7 cm³/mol. The zero-order valence-corrected chi connectivity index (χ0v) is 12.9. The van der Waals surface area contributed by atoms with Crippen LogP contribution >= 0.6 is 69.6 Å². The van der Waals surface area contributed by atoms with Crippen molar-refractivity contribution < 1.29 is 9.90 Å². The van der Waals surface area contributed by atoms with Gasteiger partial charge in [0.05, 0.1) is 32.3 Å². The molecule has 0 amide bonds. The van der Waals surface area contributed by atoms with Crippen LogP contribution in [0.1, 0.15) is 0 Å². The van der Waals surface area contributed by atoms with Crippen LogP contribution in [0.4, 0.5) is 0 Å². The van der Waals surface area contributed by atoms with E-state index in [1.165, 1.54) is 0 Å². The van der Waals surface area contributed by atoms with E-state index in [1.807, 2.05) is 0 Å². The van der Waals surface area contributed by atoms with Gasteiger partial charge in [0.25, 0.3) is 0 Å². The molecule has 0 bridgehead atoms. The summed E-state index contributed by atoms with van der Waals surface area (Å²) in [5, 5.41) is 4.98. The third-order valence-corrected chi connectivity index (χ3v) is 6.03. The first-order valence-electron chi connectivity index (χ1n) is 4.43. The van der Waals surface area contributed by atoms with E-state index in [-0.39, 0.29) is 0 Å². The van der Waals surface area contributed by atoms with Gasteiger partial charge in [-0.25, -0.2) is 4.79 Å². The van der Waals surface area contributed by atoms with Gasteiger partial charge in [-0.2, -0.15) is 0 Å². The highest BCUT2D eigenvalue weighted by molar-refractivity contribution is 6.45. The van der Waals surface area contributed by atoms with E-state index in [2.05, 4.69) is 6.58 Å². The maximum absolute atomic E-state index is 9.25. The molecule has 0 unspecified atom stereocenters. The van der Waals surface area contributed by atoms with Gasteiger partial charge in [-0.3, -0.25) is 0 Å². The Bertz CT molecular complexity index is 216. The maximum atomic E-state index is 9.25. The molecule has 8 heteroatoms. The number of aliphatic carboxylic acids is 1. The van der Waals surface area contributed by atoms with Gasteiger partial charge in [-0.1, -0.05) is 6.58 Å². The lowest BCUT2D eigenvalue weighted by molar-refractivity contribution is -0.131. The smallest absolute Gasteiger partial charge is 0.327 e. The molecule has 2 nitrogen and oxygen atoms in total. The molecule has 0 aromatic carbocycles. The van der Waals surface area contributed by atoms with Crippen molar-refractivity contribution in [1.29, 1.82) is 0 Å². The number of carboxylic acid groups (broad SMARTS) is 1. The van der Waals surface area contributed by atoms with Gasteiger partial charge in [-0.05, 0) is 0 Å². The fourth-order valence-corrected chi connectivity index (χ4v) is 3.38. The Labute approximate surface area is 130 Å². The normalized spacial score (nSPS) is 41.1. The van der Waals surface area contributed by atoms with E-state index in [0.29, 0.717) is 0 Å². The van der Waals surface area contributed by atoms with Crippen molar-refractivity contribution in [3.63, 3.8) is 0 Å². The molecule has 1 aliphatic rings. The highest BCUT2D eigenvalue weighted by Gasteiger charge is 2.46. The second-order valence-corrected chi connectivity index (χ2v) is 6.23. The quantitative estimate of drug-likeness (QED) is 0.567. The Balaban J connectivity index is 0.000000437. The van der Waals surface area contributed by atoms with Crippen LogP contribution < -0.4 is 0 Å². The minimum Gasteiger partial charge on any atom is -0.478 e. The van der Waals surface area contributed by atoms with E-state index >= 15 is 0 Å². The fourth-order valence-electron chi connectivity index (χ4n) is 1.05. The van der Waals surface area contributed by atoms with Gasteiger partial charge in [0.1, 0.15) is 0 Å². The van der Waals surface area contributed by atoms with Gasteiger partial charge in [0.15, 0.2) is 0 Å². The lowest BCUT2D eigenvalue weighted by atomic mass is 9.97. The van der Waals surface area contributed by atoms with Crippen LogP contribution in [0.2, 0.25) is 0 Å². The summed E-state index contributed by atoms with van der Waals surface area (Å²) in [4.78, 5) is 9.25. The summed E-state index contributed by atoms with van der Waals surface area (Å²) >= 11 is 35.3. The third kappa shape index (κ3) is 5.22. The molecule has 1 fully saturated rings. The summed E-state index contributed by atoms with van der Waals surface area (Å²) in [5.41, 5.74) is 0. The molecule has 0 spiro atoms. The molecule has 0 saturated heterocycles. The molecular formula is C9H10Cl6O2. The highest BCUT2D eigenvalue weighted by atomic mass is 35.5. The van der Waals surface area contributed by atoms with Gasteiger partial charge in [0.2, 0.25) is 0 Å². The molecule has 0 atom stereocenters. The molecule has 0 heterocycles. The fraction of sp³-hybridized carbons (Fsp3) is 0.667. The second-order valence-electron chi connectivity index (χ2n) is 3.21. The first kappa shape index (κ1) is 17.9. The highest BCUT2D eigenvalue weighted by Crippen LogP contribution is 2.39. The van der Waals surface area contributed by atoms with Crippen molar-refractivity contribution in [3.05, 3.63) is 12.7 Å². The number of carboxylic acids is 1. The number of hydrogen-bond acceptors (Lipinski definition) is 1. The zero-order chi connectivity index (χ0) is 13.7. The number of carbonyl (C=O) groups is 1. The predicted octanol–water partition coefficient (Wildman–Crippen LogP) is 3.90. The van der Waals surface area contributed by atoms with Crippen molar-refractivity contribution in [2.45, 2.75) is 32.3 Å². The van der Waals surface area contributed by atoms with Crippen molar-refractivity contribution in [2.24, 2.45) is 0 Å². The number of rotatable bonds is 1. The first-order chi connectivity index (χ1) is 7.73. The van der Waals surface area contributed by atoms with Crippen LogP contribution in [-0.2, 0) is 4.79 Å². The minimum atomic E-state index is -0.981. The molecule has 17 heavy (non-hydrogen) atoms. The van der Waals surface area contributed by atoms with E-state index in [9.17, 15) is 4.79 Å². The van der Waals surface area contributed by atoms with E-state index < -0.39 is 38.2 Å². The lowest BCUT2D eigenvalue weighted by Crippen LogP contribution is -2.52. The van der Waals surface area contributed by atoms with Crippen LogP contribution in [-0.4, -0.2) is 43.3 Å². The van der Waals surface area contributed by atoms with Crippen LogP contribution in [0.25, 0.3) is 0 Å². The summed E-state index contributed by atoms with van der Waals surface area (Å²) in [6.45, 7) is 2.96. The monoisotopic (exact) mass is 360 g/mol. The third-order valence-electron chi connectivity index (χ3n) is 2.00. The molecule has 0 aromatic heterocycles. The van der Waals surface area contributed by atoms with Gasteiger partial charge < -0.3 is 5.11 Å². The van der Waals surface area contributed by atoms with Crippen LogP contribution in [0.15, 0.2) is 12.7 Å². The molecule has 100 valence electrons. The number of hydrogen-bond donors (Lipinski definition) is 1.